The van der Waals surface area contributed by atoms with Crippen LogP contribution in [0.1, 0.15) is 71.4 Å². The van der Waals surface area contributed by atoms with Gasteiger partial charge < -0.3 is 4.90 Å². The fraction of sp³-hybridized carbons (Fsp3) is 0.714. The number of hydrogen-bond donors (Lipinski definition) is 0. The van der Waals surface area contributed by atoms with Gasteiger partial charge in [-0.3, -0.25) is 0 Å². The molecule has 1 aromatic carbocycles. The van der Waals surface area contributed by atoms with Crippen LogP contribution in [0.2, 0.25) is 0 Å². The molecule has 0 aliphatic carbocycles. The van der Waals surface area contributed by atoms with Gasteiger partial charge in [0.15, 0.2) is 0 Å². The molecule has 1 aromatic rings. The van der Waals surface area contributed by atoms with E-state index < -0.39 is 0 Å². The van der Waals surface area contributed by atoms with E-state index in [9.17, 15) is 0 Å². The van der Waals surface area contributed by atoms with Crippen LogP contribution in [0, 0.1) is 5.92 Å². The van der Waals surface area contributed by atoms with Crippen LogP contribution in [0.5, 0.6) is 0 Å². The maximum atomic E-state index is 2.75. The zero-order chi connectivity index (χ0) is 16.2. The molecular formula is C21H35N. The lowest BCUT2D eigenvalue weighted by Crippen LogP contribution is -2.41. The summed E-state index contributed by atoms with van der Waals surface area (Å²) >= 11 is 0. The molecule has 1 aliphatic heterocycles. The Hall–Kier alpha value is -0.820. The highest BCUT2D eigenvalue weighted by Gasteiger charge is 2.22. The minimum Gasteiger partial charge on any atom is -0.300 e. The Morgan fingerprint density at radius 2 is 1.82 bits per heavy atom. The van der Waals surface area contributed by atoms with Crippen molar-refractivity contribution in [1.82, 2.24) is 4.90 Å². The van der Waals surface area contributed by atoms with Crippen LogP contribution >= 0.6 is 0 Å². The quantitative estimate of drug-likeness (QED) is 0.701. The first kappa shape index (κ1) is 17.5. The Morgan fingerprint density at radius 3 is 2.41 bits per heavy atom. The first-order chi connectivity index (χ1) is 10.4. The van der Waals surface area contributed by atoms with Crippen molar-refractivity contribution in [3.05, 3.63) is 35.4 Å². The molecular weight excluding hydrogens is 266 g/mol. The number of likely N-dealkylation sites (tertiary alicyclic amines) is 1. The third-order valence-corrected chi connectivity index (χ3v) is 5.17. The Labute approximate surface area is 138 Å². The summed E-state index contributed by atoms with van der Waals surface area (Å²) in [6, 6.07) is 10.1. The van der Waals surface area contributed by atoms with Gasteiger partial charge in [0.1, 0.15) is 0 Å². The summed E-state index contributed by atoms with van der Waals surface area (Å²) in [4.78, 5) is 2.75. The molecule has 2 unspecified atom stereocenters. The van der Waals surface area contributed by atoms with Crippen molar-refractivity contribution in [2.24, 2.45) is 5.92 Å². The van der Waals surface area contributed by atoms with Gasteiger partial charge in [-0.25, -0.2) is 0 Å². The molecule has 0 bridgehead atoms. The number of hydrogen-bond acceptors (Lipinski definition) is 1. The second kappa shape index (κ2) is 7.64. The van der Waals surface area contributed by atoms with Gasteiger partial charge in [0.05, 0.1) is 0 Å². The van der Waals surface area contributed by atoms with Crippen LogP contribution in [0.3, 0.4) is 0 Å². The Kier molecular flexibility index (Phi) is 6.09. The first-order valence-electron chi connectivity index (χ1n) is 9.23. The Bertz CT molecular complexity index is 440. The summed E-state index contributed by atoms with van der Waals surface area (Å²) in [5, 5.41) is 0. The summed E-state index contributed by atoms with van der Waals surface area (Å²) in [5.41, 5.74) is 3.18. The van der Waals surface area contributed by atoms with Crippen molar-refractivity contribution in [1.29, 1.82) is 0 Å². The van der Waals surface area contributed by atoms with Gasteiger partial charge >= 0.3 is 0 Å². The monoisotopic (exact) mass is 301 g/mol. The fourth-order valence-corrected chi connectivity index (χ4v) is 3.77. The molecule has 1 heteroatoms. The van der Waals surface area contributed by atoms with Gasteiger partial charge in [-0.2, -0.15) is 0 Å². The highest BCUT2D eigenvalue weighted by molar-refractivity contribution is 5.27. The zero-order valence-corrected chi connectivity index (χ0v) is 15.4. The van der Waals surface area contributed by atoms with Crippen molar-refractivity contribution in [3.63, 3.8) is 0 Å². The van der Waals surface area contributed by atoms with E-state index in [1.807, 2.05) is 0 Å². The van der Waals surface area contributed by atoms with E-state index in [0.717, 1.165) is 12.0 Å². The number of nitrogens with zero attached hydrogens (tertiary/aromatic N) is 1. The smallest absolute Gasteiger partial charge is 0.00927 e. The molecule has 0 saturated carbocycles. The highest BCUT2D eigenvalue weighted by Crippen LogP contribution is 2.24. The van der Waals surface area contributed by atoms with Gasteiger partial charge in [0.25, 0.3) is 0 Å². The molecule has 0 aromatic heterocycles. The van der Waals surface area contributed by atoms with Crippen molar-refractivity contribution in [2.75, 3.05) is 13.1 Å². The number of rotatable bonds is 5. The summed E-state index contributed by atoms with van der Waals surface area (Å²) in [6.07, 6.45) is 6.75. The van der Waals surface area contributed by atoms with Crippen molar-refractivity contribution < 1.29 is 0 Å². The van der Waals surface area contributed by atoms with Crippen molar-refractivity contribution >= 4 is 0 Å². The van der Waals surface area contributed by atoms with E-state index in [1.54, 1.807) is 0 Å². The maximum Gasteiger partial charge on any atom is 0.00927 e. The zero-order valence-electron chi connectivity index (χ0n) is 15.4. The fourth-order valence-electron chi connectivity index (χ4n) is 3.77. The summed E-state index contributed by atoms with van der Waals surface area (Å²) < 4.78 is 0. The van der Waals surface area contributed by atoms with Crippen molar-refractivity contribution in [3.8, 4) is 0 Å². The molecule has 0 spiro atoms. The van der Waals surface area contributed by atoms with E-state index >= 15 is 0 Å². The van der Waals surface area contributed by atoms with Gasteiger partial charge in [-0.1, -0.05) is 65.3 Å². The first-order valence-corrected chi connectivity index (χ1v) is 9.23. The van der Waals surface area contributed by atoms with E-state index in [1.165, 1.54) is 56.3 Å². The topological polar surface area (TPSA) is 3.24 Å². The average molecular weight is 302 g/mol. The molecule has 2 atom stereocenters. The normalized spacial score (nSPS) is 21.8. The van der Waals surface area contributed by atoms with E-state index in [0.29, 0.717) is 0 Å². The lowest BCUT2D eigenvalue weighted by molar-refractivity contribution is 0.125. The second-order valence-corrected chi connectivity index (χ2v) is 8.31. The molecule has 1 aliphatic rings. The molecule has 22 heavy (non-hydrogen) atoms. The molecule has 0 N–H and O–H groups in total. The van der Waals surface area contributed by atoms with Crippen LogP contribution in [0.4, 0.5) is 0 Å². The van der Waals surface area contributed by atoms with Crippen LogP contribution in [-0.4, -0.2) is 24.0 Å². The van der Waals surface area contributed by atoms with Crippen LogP contribution in [0.15, 0.2) is 24.3 Å². The van der Waals surface area contributed by atoms with Gasteiger partial charge in [0.2, 0.25) is 0 Å². The SMILES string of the molecule is CCC1CCCCN1CC(C)Cc1ccc(C(C)(C)C)cc1. The van der Waals surface area contributed by atoms with Gasteiger partial charge in [-0.15, -0.1) is 0 Å². The standard InChI is InChI=1S/C21H35N/c1-6-20-9-7-8-14-22(20)16-17(2)15-18-10-12-19(13-11-18)21(3,4)5/h10-13,17,20H,6-9,14-16H2,1-5H3. The molecule has 1 nitrogen and oxygen atoms in total. The molecule has 124 valence electrons. The lowest BCUT2D eigenvalue weighted by Gasteiger charge is -2.37. The maximum absolute atomic E-state index is 2.75. The average Bonchev–Trinajstić information content (AvgIpc) is 2.47. The van der Waals surface area contributed by atoms with E-state index in [-0.39, 0.29) is 5.41 Å². The minimum atomic E-state index is 0.256. The van der Waals surface area contributed by atoms with Gasteiger partial charge in [0, 0.05) is 12.6 Å². The Balaban J connectivity index is 1.90. The van der Waals surface area contributed by atoms with E-state index in [4.69, 9.17) is 0 Å². The number of piperidine rings is 1. The predicted molar refractivity (Wildman–Crippen MR) is 97.5 cm³/mol. The van der Waals surface area contributed by atoms with Crippen LogP contribution in [0.25, 0.3) is 0 Å². The molecule has 1 fully saturated rings. The molecule has 1 saturated heterocycles. The lowest BCUT2D eigenvalue weighted by atomic mass is 9.86. The minimum absolute atomic E-state index is 0.256. The molecule has 2 rings (SSSR count). The number of benzene rings is 1. The van der Waals surface area contributed by atoms with Crippen LogP contribution in [-0.2, 0) is 11.8 Å². The Morgan fingerprint density at radius 1 is 1.14 bits per heavy atom. The van der Waals surface area contributed by atoms with Crippen LogP contribution < -0.4 is 0 Å². The largest absolute Gasteiger partial charge is 0.300 e. The third-order valence-electron chi connectivity index (χ3n) is 5.17. The summed E-state index contributed by atoms with van der Waals surface area (Å²) in [7, 11) is 0. The molecule has 0 amide bonds. The van der Waals surface area contributed by atoms with E-state index in [2.05, 4.69) is 63.8 Å². The third kappa shape index (κ3) is 4.84. The van der Waals surface area contributed by atoms with Gasteiger partial charge in [-0.05, 0) is 54.7 Å². The molecule has 0 radical (unpaired) electrons. The second-order valence-electron chi connectivity index (χ2n) is 8.31. The van der Waals surface area contributed by atoms with Crippen molar-refractivity contribution in [2.45, 2.75) is 78.2 Å². The summed E-state index contributed by atoms with van der Waals surface area (Å²) in [5.74, 6) is 0.743. The summed E-state index contributed by atoms with van der Waals surface area (Å²) in [6.45, 7) is 14.2. The predicted octanol–water partition coefficient (Wildman–Crippen LogP) is 5.43. The molecule has 1 heterocycles. The highest BCUT2D eigenvalue weighted by atomic mass is 15.2.